The van der Waals surface area contributed by atoms with Crippen LogP contribution in [0.5, 0.6) is 0 Å². The monoisotopic (exact) mass is 467 g/mol. The molecule has 1 aromatic heterocycles. The Labute approximate surface area is 197 Å². The van der Waals surface area contributed by atoms with Gasteiger partial charge in [-0.25, -0.2) is 4.98 Å². The highest BCUT2D eigenvalue weighted by molar-refractivity contribution is 8.00. The lowest BCUT2D eigenvalue weighted by Crippen LogP contribution is -2.37. The van der Waals surface area contributed by atoms with Gasteiger partial charge in [-0.05, 0) is 31.0 Å². The summed E-state index contributed by atoms with van der Waals surface area (Å²) in [7, 11) is 0. The van der Waals surface area contributed by atoms with Crippen molar-refractivity contribution in [2.45, 2.75) is 30.3 Å². The van der Waals surface area contributed by atoms with Gasteiger partial charge in [0, 0.05) is 26.2 Å². The molecule has 0 aliphatic carbocycles. The first-order valence-corrected chi connectivity index (χ1v) is 12.2. The Balaban J connectivity index is 1.65. The molecule has 1 saturated heterocycles. The first-order chi connectivity index (χ1) is 16.2. The van der Waals surface area contributed by atoms with Crippen LogP contribution in [-0.4, -0.2) is 59.9 Å². The number of fused-ring (bicyclic) bond motifs is 1. The highest BCUT2D eigenvalue weighted by atomic mass is 32.2. The fraction of sp³-hybridized carbons (Fsp3) is 0.400. The van der Waals surface area contributed by atoms with Crippen molar-refractivity contribution in [1.29, 1.82) is 0 Å². The van der Waals surface area contributed by atoms with E-state index in [-0.39, 0.29) is 11.5 Å². The van der Waals surface area contributed by atoms with E-state index < -0.39 is 5.25 Å². The number of nitrogens with zero attached hydrogens (tertiary/aromatic N) is 3. The van der Waals surface area contributed by atoms with Crippen molar-refractivity contribution in [1.82, 2.24) is 14.5 Å². The Morgan fingerprint density at radius 1 is 1.09 bits per heavy atom. The van der Waals surface area contributed by atoms with E-state index in [4.69, 9.17) is 14.5 Å². The molecule has 2 aromatic carbocycles. The zero-order chi connectivity index (χ0) is 23.0. The number of thioether (sulfide) groups is 1. The van der Waals surface area contributed by atoms with Gasteiger partial charge in [0.15, 0.2) is 5.16 Å². The minimum Gasteiger partial charge on any atom is -0.465 e. The van der Waals surface area contributed by atoms with Crippen LogP contribution in [0.25, 0.3) is 10.9 Å². The molecule has 1 atom stereocenters. The van der Waals surface area contributed by atoms with E-state index in [9.17, 15) is 9.59 Å². The maximum absolute atomic E-state index is 13.4. The number of rotatable bonds is 9. The predicted octanol–water partition coefficient (Wildman–Crippen LogP) is 3.52. The molecular weight excluding hydrogens is 438 g/mol. The highest BCUT2D eigenvalue weighted by Crippen LogP contribution is 2.35. The van der Waals surface area contributed by atoms with Crippen LogP contribution in [0.1, 0.15) is 24.2 Å². The Kier molecular flexibility index (Phi) is 8.15. The molecule has 0 radical (unpaired) electrons. The van der Waals surface area contributed by atoms with Gasteiger partial charge < -0.3 is 9.47 Å². The lowest BCUT2D eigenvalue weighted by atomic mass is 10.1. The molecule has 8 heteroatoms. The maximum Gasteiger partial charge on any atom is 0.324 e. The Morgan fingerprint density at radius 2 is 1.82 bits per heavy atom. The van der Waals surface area contributed by atoms with Gasteiger partial charge in [0.05, 0.1) is 30.7 Å². The molecule has 7 nitrogen and oxygen atoms in total. The van der Waals surface area contributed by atoms with Gasteiger partial charge in [0.1, 0.15) is 5.25 Å². The molecule has 3 aromatic rings. The van der Waals surface area contributed by atoms with Crippen LogP contribution in [0.3, 0.4) is 0 Å². The van der Waals surface area contributed by atoms with Gasteiger partial charge in [-0.2, -0.15) is 0 Å². The zero-order valence-corrected chi connectivity index (χ0v) is 19.6. The third-order valence-corrected chi connectivity index (χ3v) is 6.84. The van der Waals surface area contributed by atoms with Gasteiger partial charge >= 0.3 is 5.97 Å². The highest BCUT2D eigenvalue weighted by Gasteiger charge is 2.26. The summed E-state index contributed by atoms with van der Waals surface area (Å²) in [5.74, 6) is -0.337. The number of hydrogen-bond acceptors (Lipinski definition) is 7. The molecule has 174 valence electrons. The van der Waals surface area contributed by atoms with Crippen LogP contribution < -0.4 is 5.56 Å². The molecule has 1 fully saturated rings. The van der Waals surface area contributed by atoms with Crippen LogP contribution in [-0.2, 0) is 20.8 Å². The number of para-hydroxylation sites is 1. The second kappa shape index (κ2) is 11.4. The first kappa shape index (κ1) is 23.5. The maximum atomic E-state index is 13.4. The van der Waals surface area contributed by atoms with Crippen molar-refractivity contribution in [2.75, 3.05) is 39.5 Å². The molecule has 0 unspecified atom stereocenters. The smallest absolute Gasteiger partial charge is 0.324 e. The van der Waals surface area contributed by atoms with E-state index in [0.29, 0.717) is 29.2 Å². The van der Waals surface area contributed by atoms with Gasteiger partial charge in [-0.3, -0.25) is 19.1 Å². The fourth-order valence-electron chi connectivity index (χ4n) is 3.92. The number of carbonyl (C=O) groups excluding carboxylic acids is 1. The second-order valence-corrected chi connectivity index (χ2v) is 8.91. The number of esters is 1. The number of ether oxygens (including phenoxy) is 2. The molecule has 0 saturated carbocycles. The van der Waals surface area contributed by atoms with Crippen LogP contribution >= 0.6 is 11.8 Å². The molecule has 0 spiro atoms. The predicted molar refractivity (Wildman–Crippen MR) is 130 cm³/mol. The van der Waals surface area contributed by atoms with Crippen molar-refractivity contribution in [3.05, 3.63) is 70.5 Å². The van der Waals surface area contributed by atoms with Crippen molar-refractivity contribution in [2.24, 2.45) is 0 Å². The standard InChI is InChI=1S/C25H29N3O4S/c1-2-32-24(30)22(19-9-4-3-5-10-19)33-25-26-21-12-7-6-11-20(21)23(29)28(25)14-8-13-27-15-17-31-18-16-27/h3-7,9-12,22H,2,8,13-18H2,1H3/t22-/m0/s1. The lowest BCUT2D eigenvalue weighted by Gasteiger charge is -2.26. The van der Waals surface area contributed by atoms with Crippen LogP contribution in [0.2, 0.25) is 0 Å². The number of benzene rings is 2. The fourth-order valence-corrected chi connectivity index (χ4v) is 5.04. The summed E-state index contributed by atoms with van der Waals surface area (Å²) < 4.78 is 12.5. The van der Waals surface area contributed by atoms with E-state index in [1.807, 2.05) is 48.5 Å². The normalized spacial score (nSPS) is 15.4. The Bertz CT molecular complexity index is 1130. The van der Waals surface area contributed by atoms with Crippen molar-refractivity contribution in [3.8, 4) is 0 Å². The zero-order valence-electron chi connectivity index (χ0n) is 18.8. The van der Waals surface area contributed by atoms with Crippen molar-refractivity contribution < 1.29 is 14.3 Å². The molecule has 2 heterocycles. The quantitative estimate of drug-likeness (QED) is 0.271. The molecule has 1 aliphatic rings. The molecule has 0 amide bonds. The molecule has 4 rings (SSSR count). The first-order valence-electron chi connectivity index (χ1n) is 11.4. The largest absolute Gasteiger partial charge is 0.465 e. The van der Waals surface area contributed by atoms with E-state index >= 15 is 0 Å². The van der Waals surface area contributed by atoms with E-state index in [1.54, 1.807) is 17.6 Å². The lowest BCUT2D eigenvalue weighted by molar-refractivity contribution is -0.142. The molecule has 0 N–H and O–H groups in total. The molecule has 33 heavy (non-hydrogen) atoms. The van der Waals surface area contributed by atoms with Gasteiger partial charge in [-0.15, -0.1) is 0 Å². The van der Waals surface area contributed by atoms with E-state index in [2.05, 4.69) is 4.90 Å². The van der Waals surface area contributed by atoms with Crippen LogP contribution in [0.15, 0.2) is 64.5 Å². The molecular formula is C25H29N3O4S. The third-order valence-electron chi connectivity index (χ3n) is 5.61. The van der Waals surface area contributed by atoms with Crippen molar-refractivity contribution in [3.63, 3.8) is 0 Å². The third kappa shape index (κ3) is 5.82. The summed E-state index contributed by atoms with van der Waals surface area (Å²) >= 11 is 1.28. The van der Waals surface area contributed by atoms with Gasteiger partial charge in [-0.1, -0.05) is 54.2 Å². The van der Waals surface area contributed by atoms with Gasteiger partial charge in [0.25, 0.3) is 5.56 Å². The average molecular weight is 468 g/mol. The molecule has 1 aliphatic heterocycles. The minimum absolute atomic E-state index is 0.0826. The van der Waals surface area contributed by atoms with Gasteiger partial charge in [0.2, 0.25) is 0 Å². The summed E-state index contributed by atoms with van der Waals surface area (Å²) in [5.41, 5.74) is 1.37. The summed E-state index contributed by atoms with van der Waals surface area (Å²) in [6, 6.07) is 16.8. The van der Waals surface area contributed by atoms with Crippen molar-refractivity contribution >= 4 is 28.6 Å². The van der Waals surface area contributed by atoms with Crippen LogP contribution in [0, 0.1) is 0 Å². The van der Waals surface area contributed by atoms with E-state index in [1.165, 1.54) is 11.8 Å². The summed E-state index contributed by atoms with van der Waals surface area (Å²) in [6.07, 6.45) is 0.808. The SMILES string of the molecule is CCOC(=O)[C@@H](Sc1nc2ccccc2c(=O)n1CCCN1CCOCC1)c1ccccc1. The average Bonchev–Trinajstić information content (AvgIpc) is 2.85. The number of carbonyl (C=O) groups is 1. The summed E-state index contributed by atoms with van der Waals surface area (Å²) in [4.78, 5) is 33.4. The number of aromatic nitrogens is 2. The molecule has 0 bridgehead atoms. The Hall–Kier alpha value is -2.68. The second-order valence-electron chi connectivity index (χ2n) is 7.84. The summed E-state index contributed by atoms with van der Waals surface area (Å²) in [5, 5.41) is 0.507. The Morgan fingerprint density at radius 3 is 2.58 bits per heavy atom. The van der Waals surface area contributed by atoms with Crippen LogP contribution in [0.4, 0.5) is 0 Å². The van der Waals surface area contributed by atoms with E-state index in [0.717, 1.165) is 44.8 Å². The minimum atomic E-state index is -0.607. The number of hydrogen-bond donors (Lipinski definition) is 0. The topological polar surface area (TPSA) is 73.7 Å². The summed E-state index contributed by atoms with van der Waals surface area (Å²) in [6.45, 7) is 6.80. The number of morpholine rings is 1.